The number of benzene rings is 2. The van der Waals surface area contributed by atoms with Crippen molar-refractivity contribution >= 4 is 43.0 Å². The molecule has 0 aromatic heterocycles. The maximum absolute atomic E-state index is 12.0. The topological polar surface area (TPSA) is 84.5 Å². The monoisotopic (exact) mass is 412 g/mol. The van der Waals surface area contributed by atoms with Gasteiger partial charge >= 0.3 is 0 Å². The van der Waals surface area contributed by atoms with Gasteiger partial charge in [-0.2, -0.15) is 0 Å². The third kappa shape index (κ3) is 4.97. The van der Waals surface area contributed by atoms with Crippen LogP contribution in [0.2, 0.25) is 0 Å². The molecule has 0 fully saturated rings. The highest BCUT2D eigenvalue weighted by atomic mass is 79.9. The van der Waals surface area contributed by atoms with Crippen molar-refractivity contribution < 1.29 is 17.9 Å². The minimum atomic E-state index is -3.41. The molecule has 0 spiro atoms. The van der Waals surface area contributed by atoms with Gasteiger partial charge in [-0.05, 0) is 42.5 Å². The lowest BCUT2D eigenvalue weighted by Gasteiger charge is -2.12. The second-order valence-electron chi connectivity index (χ2n) is 5.04. The predicted octanol–water partition coefficient (Wildman–Crippen LogP) is 2.91. The van der Waals surface area contributed by atoms with Crippen molar-refractivity contribution in [1.82, 2.24) is 0 Å². The van der Waals surface area contributed by atoms with E-state index in [9.17, 15) is 13.2 Å². The summed E-state index contributed by atoms with van der Waals surface area (Å²) in [6, 6.07) is 11.7. The van der Waals surface area contributed by atoms with E-state index in [0.717, 1.165) is 6.26 Å². The quantitative estimate of drug-likeness (QED) is 0.761. The Labute approximate surface area is 149 Å². The summed E-state index contributed by atoms with van der Waals surface area (Å²) in [6.07, 6.45) is 1.12. The Morgan fingerprint density at radius 1 is 1.17 bits per heavy atom. The first-order valence-electron chi connectivity index (χ1n) is 6.97. The van der Waals surface area contributed by atoms with Gasteiger partial charge in [0.05, 0.1) is 24.2 Å². The van der Waals surface area contributed by atoms with Crippen molar-refractivity contribution in [3.8, 4) is 5.75 Å². The van der Waals surface area contributed by atoms with Crippen molar-refractivity contribution in [3.63, 3.8) is 0 Å². The van der Waals surface area contributed by atoms with Crippen LogP contribution in [0.3, 0.4) is 0 Å². The molecule has 0 saturated carbocycles. The Kier molecular flexibility index (Phi) is 5.84. The van der Waals surface area contributed by atoms with E-state index in [0.29, 0.717) is 21.6 Å². The predicted molar refractivity (Wildman–Crippen MR) is 97.4 cm³/mol. The van der Waals surface area contributed by atoms with Gasteiger partial charge in [0.15, 0.2) is 9.84 Å². The molecule has 0 aliphatic rings. The van der Waals surface area contributed by atoms with E-state index in [1.807, 2.05) is 0 Å². The van der Waals surface area contributed by atoms with Gasteiger partial charge in [0.25, 0.3) is 0 Å². The zero-order valence-corrected chi connectivity index (χ0v) is 15.6. The van der Waals surface area contributed by atoms with Gasteiger partial charge in [-0.25, -0.2) is 8.42 Å². The van der Waals surface area contributed by atoms with E-state index in [2.05, 4.69) is 26.6 Å². The molecule has 0 radical (unpaired) electrons. The van der Waals surface area contributed by atoms with Gasteiger partial charge in [-0.15, -0.1) is 0 Å². The highest BCUT2D eigenvalue weighted by Crippen LogP contribution is 2.25. The molecule has 8 heteroatoms. The minimum Gasteiger partial charge on any atom is -0.497 e. The van der Waals surface area contributed by atoms with Crippen molar-refractivity contribution in [2.24, 2.45) is 0 Å². The fourth-order valence-corrected chi connectivity index (χ4v) is 3.40. The van der Waals surface area contributed by atoms with Gasteiger partial charge in [0, 0.05) is 16.4 Å². The van der Waals surface area contributed by atoms with Crippen LogP contribution in [0.25, 0.3) is 0 Å². The van der Waals surface area contributed by atoms with E-state index in [4.69, 9.17) is 4.74 Å². The van der Waals surface area contributed by atoms with Crippen LogP contribution in [-0.2, 0) is 14.6 Å². The number of hydrogen-bond acceptors (Lipinski definition) is 5. The Morgan fingerprint density at radius 2 is 1.83 bits per heavy atom. The standard InChI is InChI=1S/C16H17BrN2O4S/c1-23-13-6-4-12(5-7-13)19-16(20)10-18-14-8-3-11(17)9-15(14)24(2,21)22/h3-9,18H,10H2,1-2H3,(H,19,20). The Balaban J connectivity index is 2.04. The summed E-state index contributed by atoms with van der Waals surface area (Å²) in [5.74, 6) is 0.404. The van der Waals surface area contributed by atoms with Crippen LogP contribution < -0.4 is 15.4 Å². The molecule has 2 aromatic carbocycles. The molecule has 0 heterocycles. The zero-order chi connectivity index (χ0) is 17.7. The second-order valence-corrected chi connectivity index (χ2v) is 7.94. The summed E-state index contributed by atoms with van der Waals surface area (Å²) in [5.41, 5.74) is 1.01. The smallest absolute Gasteiger partial charge is 0.243 e. The molecular formula is C16H17BrN2O4S. The SMILES string of the molecule is COc1ccc(NC(=O)CNc2ccc(Br)cc2S(C)(=O)=O)cc1. The number of halogens is 1. The average molecular weight is 413 g/mol. The number of anilines is 2. The Hall–Kier alpha value is -2.06. The molecule has 1 amide bonds. The first-order chi connectivity index (χ1) is 11.3. The van der Waals surface area contributed by atoms with Crippen molar-refractivity contribution in [2.75, 3.05) is 30.5 Å². The van der Waals surface area contributed by atoms with Gasteiger partial charge < -0.3 is 15.4 Å². The third-order valence-electron chi connectivity index (χ3n) is 3.16. The maximum atomic E-state index is 12.0. The molecule has 0 atom stereocenters. The summed E-state index contributed by atoms with van der Waals surface area (Å²) in [6.45, 7) is -0.0593. The molecule has 2 N–H and O–H groups in total. The lowest BCUT2D eigenvalue weighted by molar-refractivity contribution is -0.114. The van der Waals surface area contributed by atoms with Gasteiger partial charge in [-0.3, -0.25) is 4.79 Å². The van der Waals surface area contributed by atoms with Crippen LogP contribution in [-0.4, -0.2) is 34.2 Å². The number of methoxy groups -OCH3 is 1. The highest BCUT2D eigenvalue weighted by Gasteiger charge is 2.14. The fraction of sp³-hybridized carbons (Fsp3) is 0.188. The van der Waals surface area contributed by atoms with Gasteiger partial charge in [-0.1, -0.05) is 15.9 Å². The number of nitrogens with one attached hydrogen (secondary N) is 2. The number of hydrogen-bond donors (Lipinski definition) is 2. The number of sulfone groups is 1. The van der Waals surface area contributed by atoms with Crippen LogP contribution in [0.15, 0.2) is 51.8 Å². The lowest BCUT2D eigenvalue weighted by atomic mass is 10.3. The van der Waals surface area contributed by atoms with Crippen LogP contribution in [0, 0.1) is 0 Å². The van der Waals surface area contributed by atoms with E-state index in [-0.39, 0.29) is 17.3 Å². The van der Waals surface area contributed by atoms with E-state index >= 15 is 0 Å². The summed E-state index contributed by atoms with van der Waals surface area (Å²) >= 11 is 3.24. The summed E-state index contributed by atoms with van der Waals surface area (Å²) in [7, 11) is -1.84. The number of rotatable bonds is 6. The van der Waals surface area contributed by atoms with Crippen molar-refractivity contribution in [1.29, 1.82) is 0 Å². The number of carbonyl (C=O) groups excluding carboxylic acids is 1. The van der Waals surface area contributed by atoms with E-state index in [1.165, 1.54) is 6.07 Å². The molecule has 2 rings (SSSR count). The molecule has 0 saturated heterocycles. The zero-order valence-electron chi connectivity index (χ0n) is 13.2. The first-order valence-corrected chi connectivity index (χ1v) is 9.65. The second kappa shape index (κ2) is 7.67. The Bertz CT molecular complexity index is 836. The average Bonchev–Trinajstić information content (AvgIpc) is 2.53. The van der Waals surface area contributed by atoms with Crippen LogP contribution >= 0.6 is 15.9 Å². The summed E-state index contributed by atoms with van der Waals surface area (Å²) < 4.78 is 29.4. The van der Waals surface area contributed by atoms with Crippen molar-refractivity contribution in [2.45, 2.75) is 4.90 Å². The summed E-state index contributed by atoms with van der Waals surface area (Å²) in [5, 5.41) is 5.57. The number of carbonyl (C=O) groups is 1. The lowest BCUT2D eigenvalue weighted by Crippen LogP contribution is -2.22. The fourth-order valence-electron chi connectivity index (χ4n) is 2.00. The largest absolute Gasteiger partial charge is 0.497 e. The molecule has 0 bridgehead atoms. The van der Waals surface area contributed by atoms with Crippen molar-refractivity contribution in [3.05, 3.63) is 46.9 Å². The van der Waals surface area contributed by atoms with Gasteiger partial charge in [0.1, 0.15) is 5.75 Å². The molecule has 0 unspecified atom stereocenters. The van der Waals surface area contributed by atoms with E-state index in [1.54, 1.807) is 43.5 Å². The van der Waals surface area contributed by atoms with Crippen LogP contribution in [0.4, 0.5) is 11.4 Å². The minimum absolute atomic E-state index is 0.0593. The normalized spacial score (nSPS) is 11.0. The molecule has 128 valence electrons. The van der Waals surface area contributed by atoms with Crippen LogP contribution in [0.1, 0.15) is 0 Å². The third-order valence-corrected chi connectivity index (χ3v) is 4.79. The maximum Gasteiger partial charge on any atom is 0.243 e. The molecule has 2 aromatic rings. The van der Waals surface area contributed by atoms with E-state index < -0.39 is 9.84 Å². The number of ether oxygens (including phenoxy) is 1. The molecule has 0 aliphatic carbocycles. The molecule has 0 aliphatic heterocycles. The molecule has 24 heavy (non-hydrogen) atoms. The highest BCUT2D eigenvalue weighted by molar-refractivity contribution is 9.10. The Morgan fingerprint density at radius 3 is 2.42 bits per heavy atom. The van der Waals surface area contributed by atoms with Gasteiger partial charge in [0.2, 0.25) is 5.91 Å². The van der Waals surface area contributed by atoms with Crippen LogP contribution in [0.5, 0.6) is 5.75 Å². The molecule has 6 nitrogen and oxygen atoms in total. The summed E-state index contributed by atoms with van der Waals surface area (Å²) in [4.78, 5) is 12.1. The first kappa shape index (κ1) is 18.3. The molecular weight excluding hydrogens is 396 g/mol. The number of amides is 1.